The van der Waals surface area contributed by atoms with Crippen molar-refractivity contribution < 1.29 is 14.6 Å². The summed E-state index contributed by atoms with van der Waals surface area (Å²) in [7, 11) is 0. The van der Waals surface area contributed by atoms with E-state index in [0.717, 1.165) is 38.8 Å². The zero-order valence-electron chi connectivity index (χ0n) is 10.2. The number of nitrogens with two attached hydrogens (primary N) is 1. The van der Waals surface area contributed by atoms with Crippen LogP contribution >= 0.6 is 0 Å². The average molecular weight is 231 g/mol. The van der Waals surface area contributed by atoms with Gasteiger partial charge in [-0.1, -0.05) is 13.3 Å². The lowest BCUT2D eigenvalue weighted by atomic mass is 9.82. The number of hydrogen-bond donors (Lipinski definition) is 2. The molecule has 0 aromatic rings. The van der Waals surface area contributed by atoms with Crippen LogP contribution in [0.25, 0.3) is 0 Å². The van der Waals surface area contributed by atoms with Crippen molar-refractivity contribution in [2.45, 2.75) is 44.8 Å². The molecule has 0 heterocycles. The molecule has 1 aliphatic carbocycles. The fourth-order valence-electron chi connectivity index (χ4n) is 1.76. The van der Waals surface area contributed by atoms with Gasteiger partial charge in [0.05, 0.1) is 19.3 Å². The third-order valence-corrected chi connectivity index (χ3v) is 3.00. The Morgan fingerprint density at radius 1 is 1.38 bits per heavy atom. The van der Waals surface area contributed by atoms with E-state index in [0.29, 0.717) is 25.2 Å². The maximum atomic E-state index is 9.57. The van der Waals surface area contributed by atoms with Crippen LogP contribution in [0.2, 0.25) is 0 Å². The largest absolute Gasteiger partial charge is 0.388 e. The van der Waals surface area contributed by atoms with E-state index in [9.17, 15) is 5.11 Å². The van der Waals surface area contributed by atoms with Crippen LogP contribution in [0.15, 0.2) is 0 Å². The van der Waals surface area contributed by atoms with Gasteiger partial charge < -0.3 is 20.3 Å². The standard InChI is InChI=1S/C12H25NO3/c1-2-3-4-15-8-11(14)9-16-12-5-10(6-12)7-13/h10-12,14H,2-9,13H2,1H3. The molecule has 16 heavy (non-hydrogen) atoms. The van der Waals surface area contributed by atoms with E-state index in [4.69, 9.17) is 15.2 Å². The van der Waals surface area contributed by atoms with Crippen molar-refractivity contribution in [3.8, 4) is 0 Å². The fraction of sp³-hybridized carbons (Fsp3) is 1.00. The summed E-state index contributed by atoms with van der Waals surface area (Å²) in [5.74, 6) is 0.628. The Kier molecular flexibility index (Phi) is 6.96. The van der Waals surface area contributed by atoms with Gasteiger partial charge in [-0.25, -0.2) is 0 Å². The molecule has 3 N–H and O–H groups in total. The van der Waals surface area contributed by atoms with E-state index in [1.165, 1.54) is 0 Å². The summed E-state index contributed by atoms with van der Waals surface area (Å²) >= 11 is 0. The Labute approximate surface area is 98.1 Å². The number of aliphatic hydroxyl groups is 1. The van der Waals surface area contributed by atoms with Crippen LogP contribution < -0.4 is 5.73 Å². The van der Waals surface area contributed by atoms with E-state index in [1.807, 2.05) is 0 Å². The first-order valence-corrected chi connectivity index (χ1v) is 6.33. The molecule has 0 spiro atoms. The second-order valence-corrected chi connectivity index (χ2v) is 4.61. The van der Waals surface area contributed by atoms with Crippen molar-refractivity contribution in [2.75, 3.05) is 26.4 Å². The quantitative estimate of drug-likeness (QED) is 0.579. The average Bonchev–Trinajstić information content (AvgIpc) is 2.22. The van der Waals surface area contributed by atoms with Crippen molar-refractivity contribution in [3.63, 3.8) is 0 Å². The third-order valence-electron chi connectivity index (χ3n) is 3.00. The fourth-order valence-corrected chi connectivity index (χ4v) is 1.76. The van der Waals surface area contributed by atoms with Gasteiger partial charge in [0.2, 0.25) is 0 Å². The highest BCUT2D eigenvalue weighted by molar-refractivity contribution is 4.80. The highest BCUT2D eigenvalue weighted by Gasteiger charge is 2.28. The van der Waals surface area contributed by atoms with E-state index >= 15 is 0 Å². The zero-order valence-corrected chi connectivity index (χ0v) is 10.2. The maximum absolute atomic E-state index is 9.57. The highest BCUT2D eigenvalue weighted by atomic mass is 16.5. The second-order valence-electron chi connectivity index (χ2n) is 4.61. The Balaban J connectivity index is 1.89. The molecule has 0 radical (unpaired) electrons. The van der Waals surface area contributed by atoms with Crippen LogP contribution in [0.1, 0.15) is 32.6 Å². The molecule has 4 nitrogen and oxygen atoms in total. The minimum Gasteiger partial charge on any atom is -0.388 e. The van der Waals surface area contributed by atoms with Crippen LogP contribution in [-0.2, 0) is 9.47 Å². The predicted molar refractivity (Wildman–Crippen MR) is 63.3 cm³/mol. The molecular weight excluding hydrogens is 206 g/mol. The molecule has 96 valence electrons. The van der Waals surface area contributed by atoms with Crippen molar-refractivity contribution >= 4 is 0 Å². The van der Waals surface area contributed by atoms with E-state index < -0.39 is 6.10 Å². The summed E-state index contributed by atoms with van der Waals surface area (Å²) in [4.78, 5) is 0. The first-order valence-electron chi connectivity index (χ1n) is 6.33. The SMILES string of the molecule is CCCCOCC(O)COC1CC(CN)C1. The van der Waals surface area contributed by atoms with E-state index in [2.05, 4.69) is 6.92 Å². The van der Waals surface area contributed by atoms with Gasteiger partial charge in [0.15, 0.2) is 0 Å². The summed E-state index contributed by atoms with van der Waals surface area (Å²) in [5.41, 5.74) is 5.52. The van der Waals surface area contributed by atoms with Gasteiger partial charge in [0.1, 0.15) is 6.10 Å². The Hall–Kier alpha value is -0.160. The van der Waals surface area contributed by atoms with Gasteiger partial charge in [-0.3, -0.25) is 0 Å². The van der Waals surface area contributed by atoms with Crippen molar-refractivity contribution in [1.29, 1.82) is 0 Å². The molecule has 0 aliphatic heterocycles. The summed E-state index contributed by atoms with van der Waals surface area (Å²) < 4.78 is 10.9. The monoisotopic (exact) mass is 231 g/mol. The molecule has 1 aliphatic rings. The highest BCUT2D eigenvalue weighted by Crippen LogP contribution is 2.28. The van der Waals surface area contributed by atoms with Gasteiger partial charge >= 0.3 is 0 Å². The van der Waals surface area contributed by atoms with Gasteiger partial charge in [-0.15, -0.1) is 0 Å². The first-order chi connectivity index (χ1) is 7.76. The predicted octanol–water partition coefficient (Wildman–Crippen LogP) is 0.918. The third kappa shape index (κ3) is 5.25. The number of unbranched alkanes of at least 4 members (excludes halogenated alkanes) is 1. The molecule has 0 saturated heterocycles. The number of aliphatic hydroxyl groups excluding tert-OH is 1. The van der Waals surface area contributed by atoms with Gasteiger partial charge in [0, 0.05) is 6.61 Å². The van der Waals surface area contributed by atoms with E-state index in [-0.39, 0.29) is 0 Å². The van der Waals surface area contributed by atoms with Crippen LogP contribution in [-0.4, -0.2) is 43.7 Å². The van der Waals surface area contributed by atoms with Gasteiger partial charge in [-0.2, -0.15) is 0 Å². The minimum absolute atomic E-state index is 0.304. The summed E-state index contributed by atoms with van der Waals surface area (Å²) in [6, 6.07) is 0. The van der Waals surface area contributed by atoms with Crippen molar-refractivity contribution in [1.82, 2.24) is 0 Å². The minimum atomic E-state index is -0.492. The summed E-state index contributed by atoms with van der Waals surface area (Å²) in [6.45, 7) is 4.36. The topological polar surface area (TPSA) is 64.7 Å². The number of ether oxygens (including phenoxy) is 2. The van der Waals surface area contributed by atoms with Crippen LogP contribution in [0.3, 0.4) is 0 Å². The normalized spacial score (nSPS) is 26.4. The molecule has 0 bridgehead atoms. The molecular formula is C12H25NO3. The number of hydrogen-bond acceptors (Lipinski definition) is 4. The second kappa shape index (κ2) is 8.01. The molecule has 1 saturated carbocycles. The molecule has 0 aromatic heterocycles. The van der Waals surface area contributed by atoms with Gasteiger partial charge in [-0.05, 0) is 31.7 Å². The Morgan fingerprint density at radius 3 is 2.75 bits per heavy atom. The lowest BCUT2D eigenvalue weighted by Gasteiger charge is -2.34. The molecule has 1 atom stereocenters. The summed E-state index contributed by atoms with van der Waals surface area (Å²) in [6.07, 6.45) is 4.07. The van der Waals surface area contributed by atoms with Gasteiger partial charge in [0.25, 0.3) is 0 Å². The molecule has 4 heteroatoms. The first kappa shape index (κ1) is 13.9. The molecule has 1 rings (SSSR count). The molecule has 0 aromatic carbocycles. The molecule has 1 fully saturated rings. The Bertz CT molecular complexity index is 172. The van der Waals surface area contributed by atoms with Crippen LogP contribution in [0.5, 0.6) is 0 Å². The zero-order chi connectivity index (χ0) is 11.8. The lowest BCUT2D eigenvalue weighted by Crippen LogP contribution is -2.38. The maximum Gasteiger partial charge on any atom is 0.101 e. The van der Waals surface area contributed by atoms with Crippen molar-refractivity contribution in [2.24, 2.45) is 11.7 Å². The smallest absolute Gasteiger partial charge is 0.101 e. The van der Waals surface area contributed by atoms with Crippen LogP contribution in [0, 0.1) is 5.92 Å². The lowest BCUT2D eigenvalue weighted by molar-refractivity contribution is -0.0801. The molecule has 1 unspecified atom stereocenters. The Morgan fingerprint density at radius 2 is 2.12 bits per heavy atom. The molecule has 0 amide bonds. The number of rotatable bonds is 9. The van der Waals surface area contributed by atoms with Crippen molar-refractivity contribution in [3.05, 3.63) is 0 Å². The summed E-state index contributed by atoms with van der Waals surface area (Å²) in [5, 5.41) is 9.57. The van der Waals surface area contributed by atoms with E-state index in [1.54, 1.807) is 0 Å². The van der Waals surface area contributed by atoms with Crippen LogP contribution in [0.4, 0.5) is 0 Å².